The van der Waals surface area contributed by atoms with E-state index in [1.165, 1.54) is 70.6 Å². The summed E-state index contributed by atoms with van der Waals surface area (Å²) in [6.07, 6.45) is 48.0. The summed E-state index contributed by atoms with van der Waals surface area (Å²) < 4.78 is 17.5. The number of hydrogen-bond donors (Lipinski definition) is 6. The fourth-order valence-electron chi connectivity index (χ4n) is 8.45. The lowest BCUT2D eigenvalue weighted by atomic mass is 9.99. The molecule has 0 radical (unpaired) electrons. The molecule has 0 bridgehead atoms. The number of aliphatic hydroxyl groups is 5. The molecule has 0 aromatic heterocycles. The smallest absolute Gasteiger partial charge is 0.306 e. The molecule has 8 atom stereocenters. The Morgan fingerprint density at radius 3 is 1.69 bits per heavy atom. The largest absolute Gasteiger partial charge is 0.454 e. The van der Waals surface area contributed by atoms with Crippen molar-refractivity contribution >= 4 is 11.9 Å². The molecule has 11 nitrogen and oxygen atoms in total. The van der Waals surface area contributed by atoms with E-state index in [2.05, 4.69) is 74.7 Å². The molecule has 1 saturated heterocycles. The molecule has 1 fully saturated rings. The van der Waals surface area contributed by atoms with Crippen LogP contribution in [0.3, 0.4) is 0 Å². The summed E-state index contributed by atoms with van der Waals surface area (Å²) in [6, 6.07) is -1.03. The van der Waals surface area contributed by atoms with Gasteiger partial charge in [-0.05, 0) is 70.6 Å². The van der Waals surface area contributed by atoms with Crippen molar-refractivity contribution in [3.05, 3.63) is 72.9 Å². The third kappa shape index (κ3) is 35.3. The Kier molecular flexibility index (Phi) is 43.8. The Balaban J connectivity index is 2.76. The number of allylic oxidation sites excluding steroid dienone is 11. The second-order valence-corrected chi connectivity index (χ2v) is 19.3. The summed E-state index contributed by atoms with van der Waals surface area (Å²) in [4.78, 5) is 26.4. The SMILES string of the molecule is CC/C=C/C=C/C=C/CCCCCCCCC(O)C(=O)NC(COC1OC(CO)C(O)C(O)C1OC(=O)CCCCCCCCC/C=C/C/C=C/CC)C(O)/C=C/CCCCCCCCCCCCC. The number of rotatable bonds is 46. The van der Waals surface area contributed by atoms with Gasteiger partial charge in [0.05, 0.1) is 25.4 Å². The fraction of sp³-hybridized carbons (Fsp3) is 0.763. The summed E-state index contributed by atoms with van der Waals surface area (Å²) in [5.74, 6) is -1.22. The van der Waals surface area contributed by atoms with Gasteiger partial charge in [-0.2, -0.15) is 0 Å². The van der Waals surface area contributed by atoms with Gasteiger partial charge in [0, 0.05) is 6.42 Å². The maximum atomic E-state index is 13.4. The average molecular weight is 986 g/mol. The summed E-state index contributed by atoms with van der Waals surface area (Å²) in [5, 5.41) is 56.8. The van der Waals surface area contributed by atoms with Crippen molar-refractivity contribution in [2.75, 3.05) is 13.2 Å². The topological polar surface area (TPSA) is 175 Å². The molecular weight excluding hydrogens is 883 g/mol. The molecule has 6 N–H and O–H groups in total. The summed E-state index contributed by atoms with van der Waals surface area (Å²) in [5.41, 5.74) is 0. The molecule has 1 amide bonds. The van der Waals surface area contributed by atoms with E-state index in [0.717, 1.165) is 109 Å². The molecule has 11 heteroatoms. The number of hydrogen-bond acceptors (Lipinski definition) is 10. The maximum Gasteiger partial charge on any atom is 0.306 e. The number of amides is 1. The molecule has 70 heavy (non-hydrogen) atoms. The van der Waals surface area contributed by atoms with Gasteiger partial charge in [0.1, 0.15) is 24.4 Å². The molecule has 0 aromatic carbocycles. The molecule has 0 saturated carbocycles. The summed E-state index contributed by atoms with van der Waals surface area (Å²) in [7, 11) is 0. The van der Waals surface area contributed by atoms with E-state index in [4.69, 9.17) is 14.2 Å². The Bertz CT molecular complexity index is 1410. The van der Waals surface area contributed by atoms with E-state index in [-0.39, 0.29) is 19.4 Å². The van der Waals surface area contributed by atoms with Crippen LogP contribution in [0.5, 0.6) is 0 Å². The first-order chi connectivity index (χ1) is 34.2. The van der Waals surface area contributed by atoms with Crippen LogP contribution in [0.15, 0.2) is 72.9 Å². The van der Waals surface area contributed by atoms with Gasteiger partial charge in [-0.3, -0.25) is 9.59 Å². The number of unbranched alkanes of at least 4 members (excludes halogenated alkanes) is 24. The predicted octanol–water partition coefficient (Wildman–Crippen LogP) is 12.4. The number of carbonyl (C=O) groups is 2. The predicted molar refractivity (Wildman–Crippen MR) is 287 cm³/mol. The van der Waals surface area contributed by atoms with Crippen LogP contribution >= 0.6 is 0 Å². The third-order valence-corrected chi connectivity index (χ3v) is 12.9. The summed E-state index contributed by atoms with van der Waals surface area (Å²) >= 11 is 0. The average Bonchev–Trinajstić information content (AvgIpc) is 3.36. The van der Waals surface area contributed by atoms with Gasteiger partial charge in [0.25, 0.3) is 0 Å². The van der Waals surface area contributed by atoms with Crippen molar-refractivity contribution in [2.45, 2.75) is 275 Å². The van der Waals surface area contributed by atoms with E-state index < -0.39 is 67.4 Å². The van der Waals surface area contributed by atoms with Gasteiger partial charge in [0.2, 0.25) is 5.91 Å². The van der Waals surface area contributed by atoms with Crippen molar-refractivity contribution in [2.24, 2.45) is 0 Å². The Morgan fingerprint density at radius 1 is 0.586 bits per heavy atom. The van der Waals surface area contributed by atoms with Crippen LogP contribution in [0.1, 0.15) is 226 Å². The first kappa shape index (κ1) is 65.1. The number of ether oxygens (including phenoxy) is 3. The highest BCUT2D eigenvalue weighted by Crippen LogP contribution is 2.26. The minimum Gasteiger partial charge on any atom is -0.454 e. The molecule has 404 valence electrons. The zero-order valence-corrected chi connectivity index (χ0v) is 44.4. The van der Waals surface area contributed by atoms with E-state index >= 15 is 0 Å². The van der Waals surface area contributed by atoms with E-state index in [1.54, 1.807) is 6.08 Å². The van der Waals surface area contributed by atoms with Crippen LogP contribution in [-0.4, -0.2) is 99.6 Å². The highest BCUT2D eigenvalue weighted by Gasteiger charge is 2.47. The van der Waals surface area contributed by atoms with Crippen LogP contribution in [0.25, 0.3) is 0 Å². The first-order valence-electron chi connectivity index (χ1n) is 28.2. The Labute approximate surface area is 426 Å². The fourth-order valence-corrected chi connectivity index (χ4v) is 8.45. The molecule has 8 unspecified atom stereocenters. The van der Waals surface area contributed by atoms with Crippen LogP contribution in [0.4, 0.5) is 0 Å². The number of esters is 1. The number of aliphatic hydroxyl groups excluding tert-OH is 5. The lowest BCUT2D eigenvalue weighted by Crippen LogP contribution is -2.61. The van der Waals surface area contributed by atoms with Gasteiger partial charge < -0.3 is 45.1 Å². The quantitative estimate of drug-likeness (QED) is 0.0149. The van der Waals surface area contributed by atoms with E-state index in [1.807, 2.05) is 18.2 Å². The van der Waals surface area contributed by atoms with Crippen molar-refractivity contribution in [3.8, 4) is 0 Å². The van der Waals surface area contributed by atoms with Crippen molar-refractivity contribution < 1.29 is 49.3 Å². The number of nitrogens with one attached hydrogen (secondary N) is 1. The van der Waals surface area contributed by atoms with Crippen molar-refractivity contribution in [1.29, 1.82) is 0 Å². The van der Waals surface area contributed by atoms with Crippen LogP contribution in [0, 0.1) is 0 Å². The zero-order valence-electron chi connectivity index (χ0n) is 44.4. The second kappa shape index (κ2) is 47.1. The van der Waals surface area contributed by atoms with E-state index in [9.17, 15) is 35.1 Å². The van der Waals surface area contributed by atoms with Crippen molar-refractivity contribution in [3.63, 3.8) is 0 Å². The lowest BCUT2D eigenvalue weighted by molar-refractivity contribution is -0.305. The first-order valence-corrected chi connectivity index (χ1v) is 28.2. The highest BCUT2D eigenvalue weighted by molar-refractivity contribution is 5.80. The van der Waals surface area contributed by atoms with Gasteiger partial charge in [-0.25, -0.2) is 0 Å². The zero-order chi connectivity index (χ0) is 51.1. The minimum absolute atomic E-state index is 0.110. The van der Waals surface area contributed by atoms with Gasteiger partial charge in [0.15, 0.2) is 12.4 Å². The summed E-state index contributed by atoms with van der Waals surface area (Å²) in [6.45, 7) is 5.52. The molecular formula is C59H103NO10. The van der Waals surface area contributed by atoms with Crippen LogP contribution in [0.2, 0.25) is 0 Å². The molecule has 1 rings (SSSR count). The Morgan fingerprint density at radius 2 is 1.10 bits per heavy atom. The number of carbonyl (C=O) groups excluding carboxylic acids is 2. The molecule has 0 aromatic rings. The molecule has 0 aliphatic carbocycles. The minimum atomic E-state index is -1.62. The molecule has 0 spiro atoms. The lowest BCUT2D eigenvalue weighted by Gasteiger charge is -2.41. The molecule has 1 heterocycles. The second-order valence-electron chi connectivity index (χ2n) is 19.3. The third-order valence-electron chi connectivity index (χ3n) is 12.9. The Hall–Kier alpha value is -2.90. The monoisotopic (exact) mass is 986 g/mol. The van der Waals surface area contributed by atoms with Crippen LogP contribution in [-0.2, 0) is 23.8 Å². The molecule has 1 aliphatic heterocycles. The van der Waals surface area contributed by atoms with Gasteiger partial charge in [-0.1, -0.05) is 222 Å². The molecule has 1 aliphatic rings. The van der Waals surface area contributed by atoms with E-state index in [0.29, 0.717) is 12.8 Å². The van der Waals surface area contributed by atoms with Gasteiger partial charge in [-0.15, -0.1) is 0 Å². The maximum absolute atomic E-state index is 13.4. The standard InChI is InChI=1S/C59H103NO10/c1-4-7-10-13-16-19-22-25-28-31-34-37-40-43-46-52(63)58(67)60-50(51(62)45-42-39-36-33-30-27-24-21-18-15-12-9-6-3)49-68-59-57(56(66)55(65)53(48-61)69-59)70-54(64)47-44-41-38-35-32-29-26-23-20-17-14-11-8-5-2/h7-8,10-11,13,16-17,19-20,22,42,45,50-53,55-57,59,61-63,65-66H,4-6,9,12,14-15,18,21,23-41,43-44,46-49H2,1-3H3,(H,60,67)/b10-7+,11-8+,16-13+,20-17+,22-19+,45-42+. The van der Waals surface area contributed by atoms with Crippen molar-refractivity contribution in [1.82, 2.24) is 5.32 Å². The van der Waals surface area contributed by atoms with Crippen LogP contribution < -0.4 is 5.32 Å². The highest BCUT2D eigenvalue weighted by atomic mass is 16.7. The normalized spacial score (nSPS) is 20.3. The van der Waals surface area contributed by atoms with Gasteiger partial charge >= 0.3 is 5.97 Å².